The molecule has 6 nitrogen and oxygen atoms in total. The van der Waals surface area contributed by atoms with Gasteiger partial charge in [0, 0.05) is 18.1 Å². The van der Waals surface area contributed by atoms with Gasteiger partial charge in [-0.2, -0.15) is 0 Å². The summed E-state index contributed by atoms with van der Waals surface area (Å²) < 4.78 is 28.0. The number of halogens is 1. The van der Waals surface area contributed by atoms with E-state index in [1.165, 1.54) is 0 Å². The fourth-order valence-electron chi connectivity index (χ4n) is 2.26. The minimum atomic E-state index is -3.58. The number of aliphatic imine (C=N–C) groups is 1. The van der Waals surface area contributed by atoms with Gasteiger partial charge < -0.3 is 10.6 Å². The van der Waals surface area contributed by atoms with E-state index in [0.29, 0.717) is 18.2 Å². The minimum absolute atomic E-state index is 0. The van der Waals surface area contributed by atoms with Crippen LogP contribution in [0.2, 0.25) is 0 Å². The summed E-state index contributed by atoms with van der Waals surface area (Å²) in [5, 5.41) is 6.53. The van der Waals surface area contributed by atoms with Gasteiger partial charge >= 0.3 is 0 Å². The second-order valence-corrected chi connectivity index (χ2v) is 8.73. The summed E-state index contributed by atoms with van der Waals surface area (Å²) in [5.74, 6) is 0.732. The molecule has 1 fully saturated rings. The molecule has 0 saturated heterocycles. The van der Waals surface area contributed by atoms with Gasteiger partial charge in [0.05, 0.1) is 11.4 Å². The SMILES string of the molecule is CCNC(=NCc1ccccc1S(=O)(=O)NC(C)(C)C)NC1CC1.I. The number of nitrogens with zero attached hydrogens (tertiary/aromatic N) is 1. The molecule has 0 spiro atoms. The summed E-state index contributed by atoms with van der Waals surface area (Å²) in [6, 6.07) is 7.49. The molecule has 25 heavy (non-hydrogen) atoms. The van der Waals surface area contributed by atoms with Crippen LogP contribution in [-0.2, 0) is 16.6 Å². The van der Waals surface area contributed by atoms with Crippen LogP contribution in [0.4, 0.5) is 0 Å². The number of guanidine groups is 1. The largest absolute Gasteiger partial charge is 0.357 e. The summed E-state index contributed by atoms with van der Waals surface area (Å²) >= 11 is 0. The van der Waals surface area contributed by atoms with Gasteiger partial charge in [0.2, 0.25) is 10.0 Å². The van der Waals surface area contributed by atoms with E-state index >= 15 is 0 Å². The fraction of sp³-hybridized carbons (Fsp3) is 0.588. The van der Waals surface area contributed by atoms with Crippen molar-refractivity contribution >= 4 is 40.0 Å². The maximum absolute atomic E-state index is 12.6. The third-order valence-corrected chi connectivity index (χ3v) is 5.23. The van der Waals surface area contributed by atoms with E-state index in [1.807, 2.05) is 33.8 Å². The molecule has 142 valence electrons. The third-order valence-electron chi connectivity index (χ3n) is 3.37. The molecule has 0 bridgehead atoms. The van der Waals surface area contributed by atoms with Crippen molar-refractivity contribution in [2.75, 3.05) is 6.54 Å². The van der Waals surface area contributed by atoms with Gasteiger partial charge in [-0.25, -0.2) is 18.1 Å². The first-order valence-electron chi connectivity index (χ1n) is 8.38. The zero-order chi connectivity index (χ0) is 17.8. The Bertz CT molecular complexity index is 695. The number of nitrogens with one attached hydrogen (secondary N) is 3. The number of benzene rings is 1. The smallest absolute Gasteiger partial charge is 0.241 e. The van der Waals surface area contributed by atoms with Crippen LogP contribution in [0.25, 0.3) is 0 Å². The van der Waals surface area contributed by atoms with Crippen molar-refractivity contribution < 1.29 is 8.42 Å². The highest BCUT2D eigenvalue weighted by Crippen LogP contribution is 2.20. The molecule has 0 radical (unpaired) electrons. The second kappa shape index (κ2) is 9.18. The van der Waals surface area contributed by atoms with Crippen molar-refractivity contribution in [1.82, 2.24) is 15.4 Å². The molecule has 1 aliphatic rings. The molecule has 8 heteroatoms. The van der Waals surface area contributed by atoms with E-state index in [2.05, 4.69) is 20.3 Å². The van der Waals surface area contributed by atoms with Crippen LogP contribution in [0.5, 0.6) is 0 Å². The summed E-state index contributed by atoms with van der Waals surface area (Å²) in [5.41, 5.74) is 0.153. The van der Waals surface area contributed by atoms with E-state index in [1.54, 1.807) is 18.2 Å². The van der Waals surface area contributed by atoms with Crippen LogP contribution < -0.4 is 15.4 Å². The van der Waals surface area contributed by atoms with E-state index in [-0.39, 0.29) is 28.9 Å². The molecule has 0 atom stereocenters. The van der Waals surface area contributed by atoms with Gasteiger partial charge in [0.15, 0.2) is 5.96 Å². The van der Waals surface area contributed by atoms with Crippen LogP contribution in [-0.4, -0.2) is 32.5 Å². The Balaban J connectivity index is 0.00000312. The number of rotatable bonds is 6. The van der Waals surface area contributed by atoms with Gasteiger partial charge in [-0.05, 0) is 52.2 Å². The minimum Gasteiger partial charge on any atom is -0.357 e. The van der Waals surface area contributed by atoms with Crippen molar-refractivity contribution in [2.24, 2.45) is 4.99 Å². The summed E-state index contributed by atoms with van der Waals surface area (Å²) in [6.07, 6.45) is 2.32. The molecule has 1 aliphatic carbocycles. The Morgan fingerprint density at radius 2 is 1.88 bits per heavy atom. The monoisotopic (exact) mass is 480 g/mol. The van der Waals surface area contributed by atoms with Crippen molar-refractivity contribution in [1.29, 1.82) is 0 Å². The molecule has 1 aromatic carbocycles. The van der Waals surface area contributed by atoms with Gasteiger partial charge in [0.1, 0.15) is 0 Å². The topological polar surface area (TPSA) is 82.6 Å². The quantitative estimate of drug-likeness (QED) is 0.332. The number of hydrogen-bond donors (Lipinski definition) is 3. The molecular formula is C17H29IN4O2S. The van der Waals surface area contributed by atoms with Crippen LogP contribution >= 0.6 is 24.0 Å². The average molecular weight is 480 g/mol. The van der Waals surface area contributed by atoms with E-state index in [9.17, 15) is 8.42 Å². The van der Waals surface area contributed by atoms with E-state index in [4.69, 9.17) is 0 Å². The van der Waals surface area contributed by atoms with E-state index < -0.39 is 15.6 Å². The van der Waals surface area contributed by atoms with Crippen molar-refractivity contribution in [3.05, 3.63) is 29.8 Å². The summed E-state index contributed by atoms with van der Waals surface area (Å²) in [4.78, 5) is 4.82. The lowest BCUT2D eigenvalue weighted by Gasteiger charge is -2.21. The lowest BCUT2D eigenvalue weighted by Crippen LogP contribution is -2.41. The molecule has 0 aliphatic heterocycles. The van der Waals surface area contributed by atoms with Crippen molar-refractivity contribution in [3.63, 3.8) is 0 Å². The Labute approximate surface area is 168 Å². The lowest BCUT2D eigenvalue weighted by molar-refractivity contribution is 0.491. The second-order valence-electron chi connectivity index (χ2n) is 7.08. The van der Waals surface area contributed by atoms with Crippen LogP contribution in [0.15, 0.2) is 34.2 Å². The standard InChI is InChI=1S/C17H28N4O2S.HI/c1-5-18-16(20-14-10-11-14)19-12-13-8-6-7-9-15(13)24(22,23)21-17(2,3)4;/h6-9,14,21H,5,10-12H2,1-4H3,(H2,18,19,20);1H. The predicted molar refractivity (Wildman–Crippen MR) is 113 cm³/mol. The Hall–Kier alpha value is -0.870. The van der Waals surface area contributed by atoms with Gasteiger partial charge in [0.25, 0.3) is 0 Å². The van der Waals surface area contributed by atoms with Gasteiger partial charge in [-0.1, -0.05) is 18.2 Å². The summed E-state index contributed by atoms with van der Waals surface area (Å²) in [6.45, 7) is 8.57. The molecule has 3 N–H and O–H groups in total. The Morgan fingerprint density at radius 1 is 1.24 bits per heavy atom. The first-order valence-corrected chi connectivity index (χ1v) is 9.86. The van der Waals surface area contributed by atoms with Crippen LogP contribution in [0, 0.1) is 0 Å². The number of sulfonamides is 1. The lowest BCUT2D eigenvalue weighted by atomic mass is 10.1. The normalized spacial score (nSPS) is 15.4. The average Bonchev–Trinajstić information content (AvgIpc) is 3.27. The Kier molecular flexibility index (Phi) is 8.14. The highest BCUT2D eigenvalue weighted by atomic mass is 127. The fourth-order valence-corrected chi connectivity index (χ4v) is 3.91. The van der Waals surface area contributed by atoms with Crippen LogP contribution in [0.3, 0.4) is 0 Å². The highest BCUT2D eigenvalue weighted by molar-refractivity contribution is 14.0. The van der Waals surface area contributed by atoms with Gasteiger partial charge in [-0.3, -0.25) is 0 Å². The molecule has 0 heterocycles. The molecule has 0 amide bonds. The maximum Gasteiger partial charge on any atom is 0.241 e. The molecule has 0 aromatic heterocycles. The predicted octanol–water partition coefficient (Wildman–Crippen LogP) is 2.60. The Morgan fingerprint density at radius 3 is 2.44 bits per heavy atom. The van der Waals surface area contributed by atoms with E-state index in [0.717, 1.165) is 25.3 Å². The summed E-state index contributed by atoms with van der Waals surface area (Å²) in [7, 11) is -3.58. The molecule has 1 aromatic rings. The molecule has 1 saturated carbocycles. The van der Waals surface area contributed by atoms with Crippen molar-refractivity contribution in [2.45, 2.75) is 63.6 Å². The molecule has 0 unspecified atom stereocenters. The molecule has 2 rings (SSSR count). The van der Waals surface area contributed by atoms with Crippen LogP contribution in [0.1, 0.15) is 46.1 Å². The first-order chi connectivity index (χ1) is 11.2. The van der Waals surface area contributed by atoms with Gasteiger partial charge in [-0.15, -0.1) is 24.0 Å². The number of hydrogen-bond acceptors (Lipinski definition) is 3. The highest BCUT2D eigenvalue weighted by Gasteiger charge is 2.25. The maximum atomic E-state index is 12.6. The third kappa shape index (κ3) is 7.49. The zero-order valence-corrected chi connectivity index (χ0v) is 18.4. The zero-order valence-electron chi connectivity index (χ0n) is 15.3. The molecular weight excluding hydrogens is 451 g/mol. The van der Waals surface area contributed by atoms with Crippen molar-refractivity contribution in [3.8, 4) is 0 Å². The first kappa shape index (κ1) is 22.2.